The van der Waals surface area contributed by atoms with Crippen LogP contribution in [0.3, 0.4) is 0 Å². The summed E-state index contributed by atoms with van der Waals surface area (Å²) in [6.07, 6.45) is 9.03. The van der Waals surface area contributed by atoms with E-state index in [1.807, 2.05) is 18.2 Å². The number of pyridine rings is 1. The van der Waals surface area contributed by atoms with Crippen LogP contribution >= 0.6 is 11.6 Å². The van der Waals surface area contributed by atoms with Crippen LogP contribution in [0.4, 0.5) is 0 Å². The molecule has 1 atom stereocenters. The zero-order valence-electron chi connectivity index (χ0n) is 12.7. The average Bonchev–Trinajstić information content (AvgIpc) is 3.07. The molecule has 1 aliphatic rings. The quantitative estimate of drug-likeness (QED) is 0.812. The van der Waals surface area contributed by atoms with Gasteiger partial charge in [0.1, 0.15) is 24.2 Å². The molecule has 2 aromatic heterocycles. The van der Waals surface area contributed by atoms with Crippen LogP contribution in [0.5, 0.6) is 5.75 Å². The molecule has 0 N–H and O–H groups in total. The molecular formula is C17H19ClN2O3. The number of morpholine rings is 1. The van der Waals surface area contributed by atoms with Gasteiger partial charge in [0.05, 0.1) is 24.1 Å². The number of nitrogens with zero attached hydrogens (tertiary/aromatic N) is 2. The zero-order chi connectivity index (χ0) is 15.9. The van der Waals surface area contributed by atoms with Gasteiger partial charge in [0.2, 0.25) is 0 Å². The third-order valence-electron chi connectivity index (χ3n) is 3.53. The van der Waals surface area contributed by atoms with Crippen LogP contribution in [0.1, 0.15) is 5.76 Å². The summed E-state index contributed by atoms with van der Waals surface area (Å²) >= 11 is 5.89. The van der Waals surface area contributed by atoms with Crippen LogP contribution in [-0.4, -0.2) is 48.8 Å². The molecule has 3 rings (SSSR count). The van der Waals surface area contributed by atoms with Crippen LogP contribution < -0.4 is 4.74 Å². The van der Waals surface area contributed by atoms with E-state index < -0.39 is 0 Å². The molecule has 3 heterocycles. The summed E-state index contributed by atoms with van der Waals surface area (Å²) in [6.45, 7) is 3.80. The van der Waals surface area contributed by atoms with Gasteiger partial charge in [-0.3, -0.25) is 9.88 Å². The molecule has 1 saturated heterocycles. The fourth-order valence-electron chi connectivity index (χ4n) is 2.41. The summed E-state index contributed by atoms with van der Waals surface area (Å²) < 4.78 is 16.7. The van der Waals surface area contributed by atoms with Gasteiger partial charge in [-0.05, 0) is 18.2 Å². The van der Waals surface area contributed by atoms with E-state index >= 15 is 0 Å². The van der Waals surface area contributed by atoms with Crippen molar-refractivity contribution in [3.05, 3.63) is 53.7 Å². The standard InChI is InChI=1S/C17H19ClN2O3/c18-14-9-16(11-19-10-14)23-13-17-12-20(6-8-22-17)5-1-3-15-4-2-7-21-15/h1-4,7,9-11,17H,5-6,8,12-13H2. The van der Waals surface area contributed by atoms with Crippen molar-refractivity contribution < 1.29 is 13.9 Å². The molecule has 1 aliphatic heterocycles. The Labute approximate surface area is 140 Å². The number of furan rings is 1. The Balaban J connectivity index is 1.44. The largest absolute Gasteiger partial charge is 0.489 e. The van der Waals surface area contributed by atoms with Crippen molar-refractivity contribution in [2.75, 3.05) is 32.8 Å². The van der Waals surface area contributed by atoms with Crippen molar-refractivity contribution >= 4 is 17.7 Å². The van der Waals surface area contributed by atoms with Crippen molar-refractivity contribution in [3.63, 3.8) is 0 Å². The van der Waals surface area contributed by atoms with Crippen molar-refractivity contribution in [3.8, 4) is 5.75 Å². The van der Waals surface area contributed by atoms with Gasteiger partial charge in [0.15, 0.2) is 0 Å². The lowest BCUT2D eigenvalue weighted by Gasteiger charge is -2.32. The minimum atomic E-state index is 0.0414. The summed E-state index contributed by atoms with van der Waals surface area (Å²) in [4.78, 5) is 6.33. The van der Waals surface area contributed by atoms with Crippen LogP contribution in [0.25, 0.3) is 6.08 Å². The second kappa shape index (κ2) is 8.15. The van der Waals surface area contributed by atoms with E-state index in [-0.39, 0.29) is 6.10 Å². The van der Waals surface area contributed by atoms with Gasteiger partial charge in [-0.15, -0.1) is 0 Å². The smallest absolute Gasteiger partial charge is 0.139 e. The third-order valence-corrected chi connectivity index (χ3v) is 3.73. The average molecular weight is 335 g/mol. The maximum Gasteiger partial charge on any atom is 0.139 e. The van der Waals surface area contributed by atoms with Crippen LogP contribution in [0.2, 0.25) is 5.02 Å². The fourth-order valence-corrected chi connectivity index (χ4v) is 2.58. The SMILES string of the molecule is Clc1cncc(OCC2CN(CC=Cc3ccco3)CCO2)c1. The van der Waals surface area contributed by atoms with Gasteiger partial charge in [-0.1, -0.05) is 17.7 Å². The zero-order valence-corrected chi connectivity index (χ0v) is 13.5. The molecule has 122 valence electrons. The predicted molar refractivity (Wildman–Crippen MR) is 88.7 cm³/mol. The Hall–Kier alpha value is -1.82. The molecule has 0 radical (unpaired) electrons. The highest BCUT2D eigenvalue weighted by Crippen LogP contribution is 2.16. The van der Waals surface area contributed by atoms with Gasteiger partial charge < -0.3 is 13.9 Å². The van der Waals surface area contributed by atoms with E-state index in [1.54, 1.807) is 24.7 Å². The highest BCUT2D eigenvalue weighted by atomic mass is 35.5. The normalized spacial score (nSPS) is 19.3. The van der Waals surface area contributed by atoms with E-state index in [1.165, 1.54) is 0 Å². The number of halogens is 1. The number of hydrogen-bond acceptors (Lipinski definition) is 5. The van der Waals surface area contributed by atoms with E-state index in [2.05, 4.69) is 16.0 Å². The summed E-state index contributed by atoms with van der Waals surface area (Å²) in [5.74, 6) is 1.53. The lowest BCUT2D eigenvalue weighted by molar-refractivity contribution is -0.0446. The van der Waals surface area contributed by atoms with Crippen molar-refractivity contribution in [2.45, 2.75) is 6.10 Å². The van der Waals surface area contributed by atoms with E-state index in [0.717, 1.165) is 25.4 Å². The second-order valence-corrected chi connectivity index (χ2v) is 5.76. The topological polar surface area (TPSA) is 47.7 Å². The molecular weight excluding hydrogens is 316 g/mol. The van der Waals surface area contributed by atoms with Crippen molar-refractivity contribution in [1.29, 1.82) is 0 Å². The van der Waals surface area contributed by atoms with E-state index in [4.69, 9.17) is 25.5 Å². The summed E-state index contributed by atoms with van der Waals surface area (Å²) in [5.41, 5.74) is 0. The Morgan fingerprint density at radius 3 is 3.22 bits per heavy atom. The first-order chi connectivity index (χ1) is 11.3. The number of ether oxygens (including phenoxy) is 2. The molecule has 0 bridgehead atoms. The summed E-state index contributed by atoms with van der Waals surface area (Å²) in [5, 5.41) is 0.566. The minimum Gasteiger partial charge on any atom is -0.489 e. The number of aromatic nitrogens is 1. The van der Waals surface area contributed by atoms with Gasteiger partial charge >= 0.3 is 0 Å². The minimum absolute atomic E-state index is 0.0414. The molecule has 0 aromatic carbocycles. The Morgan fingerprint density at radius 2 is 2.39 bits per heavy atom. The Morgan fingerprint density at radius 1 is 1.43 bits per heavy atom. The number of hydrogen-bond donors (Lipinski definition) is 0. The molecule has 1 unspecified atom stereocenters. The molecule has 0 spiro atoms. The molecule has 2 aromatic rings. The molecule has 1 fully saturated rings. The lowest BCUT2D eigenvalue weighted by atomic mass is 10.2. The van der Waals surface area contributed by atoms with Crippen molar-refractivity contribution in [2.24, 2.45) is 0 Å². The van der Waals surface area contributed by atoms with Crippen molar-refractivity contribution in [1.82, 2.24) is 9.88 Å². The third kappa shape index (κ3) is 5.10. The molecule has 0 aliphatic carbocycles. The monoisotopic (exact) mass is 334 g/mol. The highest BCUT2D eigenvalue weighted by molar-refractivity contribution is 6.30. The molecule has 0 saturated carbocycles. The lowest BCUT2D eigenvalue weighted by Crippen LogP contribution is -2.44. The first-order valence-corrected chi connectivity index (χ1v) is 7.95. The van der Waals surface area contributed by atoms with E-state index in [9.17, 15) is 0 Å². The number of rotatable bonds is 6. The first kappa shape index (κ1) is 16.1. The Kier molecular flexibility index (Phi) is 5.69. The van der Waals surface area contributed by atoms with Crippen LogP contribution in [-0.2, 0) is 4.74 Å². The molecule has 6 heteroatoms. The van der Waals surface area contributed by atoms with Gasteiger partial charge in [0.25, 0.3) is 0 Å². The molecule has 0 amide bonds. The Bertz CT molecular complexity index is 631. The van der Waals surface area contributed by atoms with Crippen LogP contribution in [0, 0.1) is 0 Å². The summed E-state index contributed by atoms with van der Waals surface area (Å²) in [7, 11) is 0. The second-order valence-electron chi connectivity index (χ2n) is 5.32. The summed E-state index contributed by atoms with van der Waals surface area (Å²) in [6, 6.07) is 5.57. The van der Waals surface area contributed by atoms with Gasteiger partial charge in [-0.25, -0.2) is 0 Å². The fraction of sp³-hybridized carbons (Fsp3) is 0.353. The van der Waals surface area contributed by atoms with Gasteiger partial charge in [0, 0.05) is 31.9 Å². The van der Waals surface area contributed by atoms with Crippen LogP contribution in [0.15, 0.2) is 47.3 Å². The maximum absolute atomic E-state index is 5.89. The molecule has 5 nitrogen and oxygen atoms in total. The van der Waals surface area contributed by atoms with E-state index in [0.29, 0.717) is 24.0 Å². The predicted octanol–water partition coefficient (Wildman–Crippen LogP) is 3.12. The highest BCUT2D eigenvalue weighted by Gasteiger charge is 2.20. The van der Waals surface area contributed by atoms with Gasteiger partial charge in [-0.2, -0.15) is 0 Å². The maximum atomic E-state index is 5.89. The first-order valence-electron chi connectivity index (χ1n) is 7.57. The molecule has 23 heavy (non-hydrogen) atoms.